The van der Waals surface area contributed by atoms with Crippen LogP contribution in [0.25, 0.3) is 0 Å². The van der Waals surface area contributed by atoms with Gasteiger partial charge in [0.15, 0.2) is 6.61 Å². The standard InChI is InChI=1S/C19H23N3O3/c1-14-2-5-16(6-3-14)25-13-19(23)21-17-12-15(20)4-7-18(17)22-8-10-24-11-9-22/h2-7,12H,8-11,13,20H2,1H3,(H,21,23). The minimum atomic E-state index is -0.222. The second-order valence-electron chi connectivity index (χ2n) is 6.03. The molecule has 0 radical (unpaired) electrons. The van der Waals surface area contributed by atoms with Gasteiger partial charge in [-0.15, -0.1) is 0 Å². The van der Waals surface area contributed by atoms with Crippen LogP contribution in [0, 0.1) is 6.92 Å². The highest BCUT2D eigenvalue weighted by atomic mass is 16.5. The molecule has 6 nitrogen and oxygen atoms in total. The molecular formula is C19H23N3O3. The number of benzene rings is 2. The van der Waals surface area contributed by atoms with Crippen LogP contribution in [0.4, 0.5) is 17.1 Å². The lowest BCUT2D eigenvalue weighted by Gasteiger charge is -2.30. The van der Waals surface area contributed by atoms with E-state index >= 15 is 0 Å². The van der Waals surface area contributed by atoms with Crippen LogP contribution in [-0.4, -0.2) is 38.8 Å². The Morgan fingerprint density at radius 2 is 1.92 bits per heavy atom. The lowest BCUT2D eigenvalue weighted by molar-refractivity contribution is -0.118. The van der Waals surface area contributed by atoms with Gasteiger partial charge in [-0.2, -0.15) is 0 Å². The number of nitrogens with two attached hydrogens (primary N) is 1. The molecule has 0 aromatic heterocycles. The van der Waals surface area contributed by atoms with Crippen molar-refractivity contribution in [3.8, 4) is 5.75 Å². The number of carbonyl (C=O) groups is 1. The summed E-state index contributed by atoms with van der Waals surface area (Å²) in [7, 11) is 0. The van der Waals surface area contributed by atoms with Crippen LogP contribution < -0.4 is 20.7 Å². The van der Waals surface area contributed by atoms with Gasteiger partial charge >= 0.3 is 0 Å². The SMILES string of the molecule is Cc1ccc(OCC(=O)Nc2cc(N)ccc2N2CCOCC2)cc1. The number of carbonyl (C=O) groups excluding carboxylic acids is 1. The summed E-state index contributed by atoms with van der Waals surface area (Å²) in [6, 6.07) is 13.1. The third-order valence-corrected chi connectivity index (χ3v) is 4.04. The van der Waals surface area contributed by atoms with Crippen molar-refractivity contribution in [2.75, 3.05) is 48.9 Å². The maximum Gasteiger partial charge on any atom is 0.262 e. The maximum atomic E-state index is 12.3. The van der Waals surface area contributed by atoms with Gasteiger partial charge in [-0.3, -0.25) is 4.79 Å². The predicted octanol–water partition coefficient (Wildman–Crippen LogP) is 2.43. The fraction of sp³-hybridized carbons (Fsp3) is 0.316. The maximum absolute atomic E-state index is 12.3. The number of hydrogen-bond donors (Lipinski definition) is 2. The van der Waals surface area contributed by atoms with E-state index in [4.69, 9.17) is 15.2 Å². The van der Waals surface area contributed by atoms with E-state index in [1.807, 2.05) is 43.3 Å². The zero-order chi connectivity index (χ0) is 17.6. The first-order valence-corrected chi connectivity index (χ1v) is 8.33. The van der Waals surface area contributed by atoms with Crippen LogP contribution >= 0.6 is 0 Å². The highest BCUT2D eigenvalue weighted by molar-refractivity contribution is 5.96. The molecule has 6 heteroatoms. The Morgan fingerprint density at radius 3 is 2.64 bits per heavy atom. The lowest BCUT2D eigenvalue weighted by atomic mass is 10.2. The Bertz CT molecular complexity index is 725. The summed E-state index contributed by atoms with van der Waals surface area (Å²) in [4.78, 5) is 14.5. The monoisotopic (exact) mass is 341 g/mol. The van der Waals surface area contributed by atoms with Crippen LogP contribution in [-0.2, 0) is 9.53 Å². The van der Waals surface area contributed by atoms with Gasteiger partial charge in [-0.05, 0) is 37.3 Å². The largest absolute Gasteiger partial charge is 0.484 e. The lowest BCUT2D eigenvalue weighted by Crippen LogP contribution is -2.37. The average Bonchev–Trinajstić information content (AvgIpc) is 2.62. The Morgan fingerprint density at radius 1 is 1.20 bits per heavy atom. The third-order valence-electron chi connectivity index (χ3n) is 4.04. The molecule has 2 aromatic rings. The van der Waals surface area contributed by atoms with Crippen molar-refractivity contribution in [3.05, 3.63) is 48.0 Å². The van der Waals surface area contributed by atoms with Crippen molar-refractivity contribution < 1.29 is 14.3 Å². The summed E-state index contributed by atoms with van der Waals surface area (Å²) < 4.78 is 10.9. The van der Waals surface area contributed by atoms with Crippen LogP contribution in [0.1, 0.15) is 5.56 Å². The molecule has 1 aliphatic rings. The van der Waals surface area contributed by atoms with Crippen molar-refractivity contribution >= 4 is 23.0 Å². The summed E-state index contributed by atoms with van der Waals surface area (Å²) in [6.45, 7) is 4.87. The van der Waals surface area contributed by atoms with Gasteiger partial charge in [0.25, 0.3) is 5.91 Å². The smallest absolute Gasteiger partial charge is 0.262 e. The fourth-order valence-electron chi connectivity index (χ4n) is 2.70. The molecule has 0 unspecified atom stereocenters. The number of amides is 1. The van der Waals surface area contributed by atoms with E-state index in [0.29, 0.717) is 30.3 Å². The molecule has 0 saturated carbocycles. The van der Waals surface area contributed by atoms with Crippen LogP contribution in [0.2, 0.25) is 0 Å². The second kappa shape index (κ2) is 7.90. The highest BCUT2D eigenvalue weighted by Gasteiger charge is 2.16. The van der Waals surface area contributed by atoms with Crippen molar-refractivity contribution in [2.24, 2.45) is 0 Å². The molecule has 0 spiro atoms. The number of anilines is 3. The Balaban J connectivity index is 1.65. The van der Waals surface area contributed by atoms with Crippen LogP contribution in [0.15, 0.2) is 42.5 Å². The quantitative estimate of drug-likeness (QED) is 0.817. The van der Waals surface area contributed by atoms with Crippen molar-refractivity contribution in [2.45, 2.75) is 6.92 Å². The topological polar surface area (TPSA) is 76.8 Å². The molecule has 25 heavy (non-hydrogen) atoms. The van der Waals surface area contributed by atoms with Gasteiger partial charge in [-0.1, -0.05) is 17.7 Å². The zero-order valence-corrected chi connectivity index (χ0v) is 14.3. The first-order chi connectivity index (χ1) is 12.1. The number of nitrogens with one attached hydrogen (secondary N) is 1. The van der Waals surface area contributed by atoms with Gasteiger partial charge in [0.2, 0.25) is 0 Å². The Labute approximate surface area is 147 Å². The molecule has 1 aliphatic heterocycles. The number of nitrogen functional groups attached to an aromatic ring is 1. The van der Waals surface area contributed by atoms with E-state index in [1.165, 1.54) is 0 Å². The molecule has 2 aromatic carbocycles. The first kappa shape index (κ1) is 17.1. The molecule has 3 N–H and O–H groups in total. The predicted molar refractivity (Wildman–Crippen MR) is 99.2 cm³/mol. The minimum absolute atomic E-state index is 0.0551. The van der Waals surface area contributed by atoms with Crippen LogP contribution in [0.5, 0.6) is 5.75 Å². The van der Waals surface area contributed by atoms with E-state index in [1.54, 1.807) is 6.07 Å². The molecular weight excluding hydrogens is 318 g/mol. The number of hydrogen-bond acceptors (Lipinski definition) is 5. The molecule has 132 valence electrons. The van der Waals surface area contributed by atoms with E-state index < -0.39 is 0 Å². The molecule has 0 atom stereocenters. The number of rotatable bonds is 5. The van der Waals surface area contributed by atoms with Crippen LogP contribution in [0.3, 0.4) is 0 Å². The summed E-state index contributed by atoms with van der Waals surface area (Å²) in [6.07, 6.45) is 0. The van der Waals surface area contributed by atoms with Gasteiger partial charge in [-0.25, -0.2) is 0 Å². The summed E-state index contributed by atoms with van der Waals surface area (Å²) in [5.74, 6) is 0.447. The van der Waals surface area contributed by atoms with Gasteiger partial charge in [0.1, 0.15) is 5.75 Å². The van der Waals surface area contributed by atoms with E-state index in [2.05, 4.69) is 10.2 Å². The molecule has 3 rings (SSSR count). The van der Waals surface area contributed by atoms with Crippen molar-refractivity contribution in [1.29, 1.82) is 0 Å². The zero-order valence-electron chi connectivity index (χ0n) is 14.3. The normalized spacial score (nSPS) is 14.2. The molecule has 0 bridgehead atoms. The Kier molecular flexibility index (Phi) is 5.40. The summed E-state index contributed by atoms with van der Waals surface area (Å²) in [5.41, 5.74) is 9.27. The number of morpholine rings is 1. The van der Waals surface area contributed by atoms with E-state index in [9.17, 15) is 4.79 Å². The van der Waals surface area contributed by atoms with Gasteiger partial charge < -0.3 is 25.4 Å². The van der Waals surface area contributed by atoms with Crippen molar-refractivity contribution in [3.63, 3.8) is 0 Å². The number of ether oxygens (including phenoxy) is 2. The highest BCUT2D eigenvalue weighted by Crippen LogP contribution is 2.29. The van der Waals surface area contributed by atoms with Gasteiger partial charge in [0, 0.05) is 18.8 Å². The number of aryl methyl sites for hydroxylation is 1. The molecule has 1 saturated heterocycles. The van der Waals surface area contributed by atoms with Crippen molar-refractivity contribution in [1.82, 2.24) is 0 Å². The molecule has 0 aliphatic carbocycles. The average molecular weight is 341 g/mol. The second-order valence-corrected chi connectivity index (χ2v) is 6.03. The molecule has 1 heterocycles. The molecule has 1 amide bonds. The summed E-state index contributed by atoms with van der Waals surface area (Å²) >= 11 is 0. The third kappa shape index (κ3) is 4.64. The fourth-order valence-corrected chi connectivity index (χ4v) is 2.70. The van der Waals surface area contributed by atoms with Gasteiger partial charge in [0.05, 0.1) is 24.6 Å². The minimum Gasteiger partial charge on any atom is -0.484 e. The molecule has 1 fully saturated rings. The first-order valence-electron chi connectivity index (χ1n) is 8.33. The number of nitrogens with zero attached hydrogens (tertiary/aromatic N) is 1. The van der Waals surface area contributed by atoms with E-state index in [0.717, 1.165) is 24.3 Å². The summed E-state index contributed by atoms with van der Waals surface area (Å²) in [5, 5.41) is 2.90. The Hall–Kier alpha value is -2.73. The van der Waals surface area contributed by atoms with E-state index in [-0.39, 0.29) is 12.5 Å².